The predicted molar refractivity (Wildman–Crippen MR) is 147 cm³/mol. The van der Waals surface area contributed by atoms with Crippen LogP contribution in [0.1, 0.15) is 154 Å². The van der Waals surface area contributed by atoms with Crippen LogP contribution in [0.4, 0.5) is 0 Å². The monoisotopic (exact) mass is 439 g/mol. The summed E-state index contributed by atoms with van der Waals surface area (Å²) in [6, 6.07) is 0. The summed E-state index contributed by atoms with van der Waals surface area (Å²) < 4.78 is 0. The van der Waals surface area contributed by atoms with Crippen LogP contribution in [-0.2, 0) is 0 Å². The molecule has 2 aliphatic carbocycles. The second-order valence-corrected chi connectivity index (χ2v) is 13.2. The predicted octanol–water partition coefficient (Wildman–Crippen LogP) is 11.4. The molecule has 0 aromatic carbocycles. The fourth-order valence-electron chi connectivity index (χ4n) is 5.61. The van der Waals surface area contributed by atoms with Crippen LogP contribution in [0.2, 0.25) is 0 Å². The standard InChI is InChI=1S/C15H30.C10H20.C4H10.C2H6/c1-11(2)7-13-8-14(12(3)4)10-15(5,6)9-13;1-9(2)8-10-6-4-3-5-7-10;1-4(2)3;1-2/h11-14H,7-10H2,1-6H3;9-10H,3-8H2,1-2H3;4H,1-3H3;1-2H3. The van der Waals surface area contributed by atoms with Crippen LogP contribution in [-0.4, -0.2) is 0 Å². The van der Waals surface area contributed by atoms with Gasteiger partial charge in [-0.05, 0) is 78.9 Å². The molecule has 0 N–H and O–H groups in total. The number of hydrogen-bond acceptors (Lipinski definition) is 0. The first-order valence-electron chi connectivity index (χ1n) is 14.3. The topological polar surface area (TPSA) is 0 Å². The summed E-state index contributed by atoms with van der Waals surface area (Å²) in [7, 11) is 0. The Labute approximate surface area is 201 Å². The molecule has 0 spiro atoms. The minimum atomic E-state index is 0.590. The zero-order chi connectivity index (χ0) is 24.6. The molecule has 0 heteroatoms. The molecule has 2 atom stereocenters. The highest BCUT2D eigenvalue weighted by Gasteiger charge is 2.35. The Morgan fingerprint density at radius 1 is 0.645 bits per heavy atom. The van der Waals surface area contributed by atoms with Gasteiger partial charge in [0.1, 0.15) is 0 Å². The Balaban J connectivity index is 0. The van der Waals surface area contributed by atoms with Gasteiger partial charge in [-0.3, -0.25) is 0 Å². The van der Waals surface area contributed by atoms with Gasteiger partial charge < -0.3 is 0 Å². The van der Waals surface area contributed by atoms with Crippen molar-refractivity contribution in [3.8, 4) is 0 Å². The molecule has 0 bridgehead atoms. The highest BCUT2D eigenvalue weighted by Crippen LogP contribution is 2.46. The average molecular weight is 439 g/mol. The minimum absolute atomic E-state index is 0.590. The first kappa shape index (κ1) is 33.2. The van der Waals surface area contributed by atoms with Gasteiger partial charge in [0.2, 0.25) is 0 Å². The van der Waals surface area contributed by atoms with Gasteiger partial charge in [-0.1, -0.05) is 122 Å². The van der Waals surface area contributed by atoms with E-state index >= 15 is 0 Å². The third-order valence-corrected chi connectivity index (χ3v) is 6.57. The van der Waals surface area contributed by atoms with Crippen molar-refractivity contribution >= 4 is 0 Å². The Morgan fingerprint density at radius 2 is 1.06 bits per heavy atom. The molecule has 2 saturated carbocycles. The van der Waals surface area contributed by atoms with Crippen molar-refractivity contribution < 1.29 is 0 Å². The van der Waals surface area contributed by atoms with Gasteiger partial charge in [0.15, 0.2) is 0 Å². The molecular weight excluding hydrogens is 372 g/mol. The van der Waals surface area contributed by atoms with E-state index < -0.39 is 0 Å². The fraction of sp³-hybridized carbons (Fsp3) is 1.00. The molecule has 0 radical (unpaired) electrons. The van der Waals surface area contributed by atoms with E-state index in [1.165, 1.54) is 64.2 Å². The van der Waals surface area contributed by atoms with Gasteiger partial charge in [0.25, 0.3) is 0 Å². The van der Waals surface area contributed by atoms with E-state index in [4.69, 9.17) is 0 Å². The maximum absolute atomic E-state index is 2.47. The van der Waals surface area contributed by atoms with Gasteiger partial charge in [-0.25, -0.2) is 0 Å². The highest BCUT2D eigenvalue weighted by atomic mass is 14.4. The smallest absolute Gasteiger partial charge is 0.0349 e. The molecule has 0 saturated heterocycles. The Morgan fingerprint density at radius 3 is 1.45 bits per heavy atom. The Bertz CT molecular complexity index is 365. The van der Waals surface area contributed by atoms with Gasteiger partial charge in [-0.15, -0.1) is 0 Å². The lowest BCUT2D eigenvalue weighted by Crippen LogP contribution is -2.31. The zero-order valence-corrected chi connectivity index (χ0v) is 24.6. The first-order valence-corrected chi connectivity index (χ1v) is 14.3. The van der Waals surface area contributed by atoms with Crippen LogP contribution >= 0.6 is 0 Å². The third kappa shape index (κ3) is 20.3. The van der Waals surface area contributed by atoms with Crippen LogP contribution < -0.4 is 0 Å². The Kier molecular flexibility index (Phi) is 19.7. The number of rotatable bonds is 5. The molecule has 0 nitrogen and oxygen atoms in total. The van der Waals surface area contributed by atoms with E-state index in [1.807, 2.05) is 13.8 Å². The molecule has 190 valence electrons. The van der Waals surface area contributed by atoms with E-state index in [-0.39, 0.29) is 0 Å². The van der Waals surface area contributed by atoms with E-state index in [1.54, 1.807) is 0 Å². The highest BCUT2D eigenvalue weighted by molar-refractivity contribution is 4.85. The van der Waals surface area contributed by atoms with Crippen LogP contribution in [0.5, 0.6) is 0 Å². The summed E-state index contributed by atoms with van der Waals surface area (Å²) in [6.45, 7) is 29.7. The van der Waals surface area contributed by atoms with Gasteiger partial charge in [-0.2, -0.15) is 0 Å². The lowest BCUT2D eigenvalue weighted by molar-refractivity contribution is 0.0865. The summed E-state index contributed by atoms with van der Waals surface area (Å²) in [6.07, 6.45) is 14.8. The van der Waals surface area contributed by atoms with E-state index in [9.17, 15) is 0 Å². The molecule has 31 heavy (non-hydrogen) atoms. The van der Waals surface area contributed by atoms with Crippen LogP contribution in [0, 0.1) is 46.8 Å². The molecule has 0 aromatic rings. The van der Waals surface area contributed by atoms with E-state index in [0.717, 1.165) is 41.4 Å². The first-order chi connectivity index (χ1) is 14.3. The second-order valence-electron chi connectivity index (χ2n) is 13.2. The number of hydrogen-bond donors (Lipinski definition) is 0. The second kappa shape index (κ2) is 18.4. The quantitative estimate of drug-likeness (QED) is 0.400. The molecule has 0 aromatic heterocycles. The lowest BCUT2D eigenvalue weighted by Gasteiger charge is -2.42. The Hall–Kier alpha value is 0. The molecule has 0 heterocycles. The third-order valence-electron chi connectivity index (χ3n) is 6.57. The summed E-state index contributed by atoms with van der Waals surface area (Å²) in [5, 5.41) is 0. The lowest BCUT2D eigenvalue weighted by atomic mass is 9.63. The normalized spacial score (nSPS) is 23.5. The molecule has 2 fully saturated rings. The summed E-state index contributed by atoms with van der Waals surface area (Å²) in [4.78, 5) is 0. The van der Waals surface area contributed by atoms with Crippen molar-refractivity contribution in [2.24, 2.45) is 46.8 Å². The maximum atomic E-state index is 2.47. The molecular formula is C31H66. The van der Waals surface area contributed by atoms with Crippen LogP contribution in [0.15, 0.2) is 0 Å². The van der Waals surface area contributed by atoms with Gasteiger partial charge in [0.05, 0.1) is 0 Å². The van der Waals surface area contributed by atoms with E-state index in [0.29, 0.717) is 5.41 Å². The van der Waals surface area contributed by atoms with E-state index in [2.05, 4.69) is 76.2 Å². The summed E-state index contributed by atoms with van der Waals surface area (Å²) in [5.74, 6) is 6.53. The fourth-order valence-corrected chi connectivity index (χ4v) is 5.61. The van der Waals surface area contributed by atoms with Crippen LogP contribution in [0.3, 0.4) is 0 Å². The molecule has 0 aliphatic heterocycles. The van der Waals surface area contributed by atoms with Gasteiger partial charge >= 0.3 is 0 Å². The molecule has 2 aliphatic rings. The van der Waals surface area contributed by atoms with Crippen molar-refractivity contribution in [3.05, 3.63) is 0 Å². The SMILES string of the molecule is CC.CC(C)C.CC(C)CC1CC(C(C)C)CC(C)(C)C1.CC(C)CC1CCCCC1. The average Bonchev–Trinajstić information content (AvgIpc) is 2.62. The van der Waals surface area contributed by atoms with Gasteiger partial charge in [0, 0.05) is 0 Å². The van der Waals surface area contributed by atoms with Crippen molar-refractivity contribution in [2.75, 3.05) is 0 Å². The van der Waals surface area contributed by atoms with Crippen molar-refractivity contribution in [1.82, 2.24) is 0 Å². The molecule has 2 rings (SSSR count). The largest absolute Gasteiger partial charge is 0.0683 e. The maximum Gasteiger partial charge on any atom is -0.0349 e. The van der Waals surface area contributed by atoms with Crippen LogP contribution in [0.25, 0.3) is 0 Å². The minimum Gasteiger partial charge on any atom is -0.0683 e. The summed E-state index contributed by atoms with van der Waals surface area (Å²) >= 11 is 0. The van der Waals surface area contributed by atoms with Crippen molar-refractivity contribution in [2.45, 2.75) is 154 Å². The van der Waals surface area contributed by atoms with Crippen molar-refractivity contribution in [1.29, 1.82) is 0 Å². The zero-order valence-electron chi connectivity index (χ0n) is 24.6. The summed E-state index contributed by atoms with van der Waals surface area (Å²) in [5.41, 5.74) is 0.590. The molecule has 2 unspecified atom stereocenters. The van der Waals surface area contributed by atoms with Crippen molar-refractivity contribution in [3.63, 3.8) is 0 Å². The molecule has 0 amide bonds.